The van der Waals surface area contributed by atoms with Crippen LogP contribution >= 0.6 is 0 Å². The van der Waals surface area contributed by atoms with Crippen LogP contribution in [0.2, 0.25) is 0 Å². The Labute approximate surface area is 243 Å². The lowest BCUT2D eigenvalue weighted by Crippen LogP contribution is -2.44. The zero-order valence-corrected chi connectivity index (χ0v) is 23.0. The van der Waals surface area contributed by atoms with Gasteiger partial charge in [0.15, 0.2) is 5.69 Å². The molecule has 2 amide bonds. The monoisotopic (exact) mass is 609 g/mol. The Hall–Kier alpha value is -4.46. The Bertz CT molecular complexity index is 1490. The minimum absolute atomic E-state index is 0.0341. The number of hydrogen-bond donors (Lipinski definition) is 3. The fraction of sp³-hybridized carbons (Fsp3) is 0.310. The van der Waals surface area contributed by atoms with E-state index in [1.165, 1.54) is 12.3 Å². The second-order valence-corrected chi connectivity index (χ2v) is 9.56. The summed E-state index contributed by atoms with van der Waals surface area (Å²) in [4.78, 5) is 29.1. The number of hydrogen-bond acceptors (Lipinski definition) is 5. The number of nitrogens with one attached hydrogen (secondary N) is 1. The molecule has 0 saturated carbocycles. The Kier molecular flexibility index (Phi) is 10.9. The largest absolute Gasteiger partial charge is 0.435 e. The topological polar surface area (TPSA) is 123 Å². The number of carbonyl (C=O) groups excluding carboxylic acids is 2. The van der Waals surface area contributed by atoms with Gasteiger partial charge in [-0.3, -0.25) is 19.3 Å². The van der Waals surface area contributed by atoms with Crippen LogP contribution in [0.3, 0.4) is 0 Å². The number of nitrogens with two attached hydrogens (primary N) is 1. The average molecular weight is 610 g/mol. The molecular weight excluding hydrogens is 580 g/mol. The molecule has 43 heavy (non-hydrogen) atoms. The van der Waals surface area contributed by atoms with Crippen LogP contribution in [0, 0.1) is 11.6 Å². The van der Waals surface area contributed by atoms with Crippen LogP contribution in [0.5, 0.6) is 0 Å². The van der Waals surface area contributed by atoms with Crippen molar-refractivity contribution in [3.8, 4) is 0 Å². The summed E-state index contributed by atoms with van der Waals surface area (Å²) in [7, 11) is 0. The van der Waals surface area contributed by atoms with E-state index in [2.05, 4.69) is 22.0 Å². The normalized spacial score (nSPS) is 16.8. The van der Waals surface area contributed by atoms with Gasteiger partial charge in [-0.1, -0.05) is 24.8 Å². The summed E-state index contributed by atoms with van der Waals surface area (Å²) < 4.78 is 83.5. The maximum absolute atomic E-state index is 14.0. The predicted molar refractivity (Wildman–Crippen MR) is 146 cm³/mol. The maximum atomic E-state index is 14.0. The number of primary amides is 1. The summed E-state index contributed by atoms with van der Waals surface area (Å²) in [6, 6.07) is 1.66. The number of fused-ring (bicyclic) bond motifs is 1. The number of aliphatic hydroxyl groups excluding tert-OH is 1. The maximum Gasteiger partial charge on any atom is 0.435 e. The summed E-state index contributed by atoms with van der Waals surface area (Å²) in [5.41, 5.74) is 3.46. The third-order valence-corrected chi connectivity index (χ3v) is 6.45. The molecule has 0 spiro atoms. The minimum atomic E-state index is -4.86. The number of nitrogens with zero attached hydrogens (tertiary/aromatic N) is 3. The van der Waals surface area contributed by atoms with Gasteiger partial charge in [-0.25, -0.2) is 13.2 Å². The molecule has 1 aliphatic carbocycles. The zero-order valence-electron chi connectivity index (χ0n) is 23.0. The van der Waals surface area contributed by atoms with Crippen LogP contribution in [0.4, 0.5) is 26.3 Å². The quantitative estimate of drug-likeness (QED) is 0.140. The van der Waals surface area contributed by atoms with E-state index >= 15 is 0 Å². The van der Waals surface area contributed by atoms with Gasteiger partial charge in [0.2, 0.25) is 5.91 Å². The van der Waals surface area contributed by atoms with Crippen molar-refractivity contribution >= 4 is 17.5 Å². The molecule has 0 radical (unpaired) electrons. The Morgan fingerprint density at radius 1 is 1.28 bits per heavy atom. The molecule has 230 valence electrons. The van der Waals surface area contributed by atoms with E-state index in [1.807, 2.05) is 0 Å². The molecular formula is C29H29F6N5O3. The molecule has 1 aromatic heterocycles. The molecule has 8 nitrogen and oxygen atoms in total. The second-order valence-electron chi connectivity index (χ2n) is 9.56. The highest BCUT2D eigenvalue weighted by molar-refractivity contribution is 5.97. The van der Waals surface area contributed by atoms with E-state index in [1.54, 1.807) is 13.0 Å². The van der Waals surface area contributed by atoms with Gasteiger partial charge in [-0.05, 0) is 50.0 Å². The van der Waals surface area contributed by atoms with Gasteiger partial charge in [0, 0.05) is 35.7 Å². The van der Waals surface area contributed by atoms with E-state index in [-0.39, 0.29) is 48.2 Å². The first-order valence-electron chi connectivity index (χ1n) is 13.0. The zero-order chi connectivity index (χ0) is 31.9. The van der Waals surface area contributed by atoms with Crippen LogP contribution < -0.4 is 11.1 Å². The summed E-state index contributed by atoms with van der Waals surface area (Å²) in [5.74, 6) is -4.63. The number of rotatable bonds is 12. The third kappa shape index (κ3) is 8.53. The Morgan fingerprint density at radius 3 is 2.53 bits per heavy atom. The molecule has 4 N–H and O–H groups in total. The number of aliphatic hydroxyl groups is 1. The number of aromatic nitrogens is 2. The smallest absolute Gasteiger partial charge is 0.388 e. The highest BCUT2D eigenvalue weighted by atomic mass is 19.4. The van der Waals surface area contributed by atoms with Gasteiger partial charge in [-0.2, -0.15) is 18.3 Å². The first kappa shape index (κ1) is 33.0. The highest BCUT2D eigenvalue weighted by Crippen LogP contribution is 2.41. The third-order valence-electron chi connectivity index (χ3n) is 6.45. The van der Waals surface area contributed by atoms with E-state index in [0.29, 0.717) is 6.07 Å². The number of allylic oxidation sites excluding steroid dienone is 4. The van der Waals surface area contributed by atoms with E-state index in [9.17, 15) is 41.0 Å². The number of aliphatic imine (C=N–C) groups is 1. The standard InChI is InChI=1S/C29H29F6N5O3/c1-3-10-37-21(7-5-6-19(28(36)43)20(32)4-2)22(13-16-11-17(30)14-18(31)12-16)38-25(42)15-40-23-8-9-24(41)26(23)27(39-40)29(33,34)35/h3-6,10-12,14,22,24,41H,2,7-9,13,15H2,1H3,(H2,36,43)(H,38,42)/b6-5+,10-3-,20-19-,37-21+/t22-,24?/m0/s1. The predicted octanol–water partition coefficient (Wildman–Crippen LogP) is 4.70. The molecule has 3 rings (SSSR count). The first-order chi connectivity index (χ1) is 20.2. The molecule has 0 bridgehead atoms. The number of carbonyl (C=O) groups is 2. The Balaban J connectivity index is 1.97. The number of alkyl halides is 3. The number of amides is 2. The van der Waals surface area contributed by atoms with Gasteiger partial charge in [0.25, 0.3) is 5.91 Å². The van der Waals surface area contributed by atoms with Crippen molar-refractivity contribution in [2.75, 3.05) is 0 Å². The van der Waals surface area contributed by atoms with Crippen LogP contribution in [0.15, 0.2) is 71.7 Å². The fourth-order valence-corrected chi connectivity index (χ4v) is 4.62. The van der Waals surface area contributed by atoms with Crippen LogP contribution in [-0.4, -0.2) is 38.5 Å². The van der Waals surface area contributed by atoms with Gasteiger partial charge in [0.05, 0.1) is 17.7 Å². The van der Waals surface area contributed by atoms with Crippen LogP contribution in [0.25, 0.3) is 0 Å². The molecule has 1 heterocycles. The van der Waals surface area contributed by atoms with Crippen molar-refractivity contribution in [3.63, 3.8) is 0 Å². The van der Waals surface area contributed by atoms with E-state index in [0.717, 1.165) is 29.0 Å². The van der Waals surface area contributed by atoms with Gasteiger partial charge >= 0.3 is 6.18 Å². The average Bonchev–Trinajstić information content (AvgIpc) is 3.47. The van der Waals surface area contributed by atoms with Gasteiger partial charge in [0.1, 0.15) is 24.0 Å². The molecule has 1 unspecified atom stereocenters. The van der Waals surface area contributed by atoms with Crippen molar-refractivity contribution in [2.45, 2.75) is 57.5 Å². The van der Waals surface area contributed by atoms with Crippen molar-refractivity contribution in [1.82, 2.24) is 15.1 Å². The molecule has 1 aliphatic rings. The van der Waals surface area contributed by atoms with Gasteiger partial charge < -0.3 is 16.2 Å². The molecule has 2 aromatic rings. The molecule has 14 heteroatoms. The SMILES string of the molecule is C=C/C(F)=C(\C=C\C/C(=N\C=C/C)[C@H](Cc1cc(F)cc(F)c1)NC(=O)Cn1nc(C(F)(F)F)c2c1CCC2O)C(N)=O. The summed E-state index contributed by atoms with van der Waals surface area (Å²) in [5, 5.41) is 16.2. The molecule has 0 fully saturated rings. The van der Waals surface area contributed by atoms with E-state index < -0.39 is 65.4 Å². The van der Waals surface area contributed by atoms with Crippen LogP contribution in [-0.2, 0) is 35.2 Å². The number of benzene rings is 1. The molecule has 1 aromatic carbocycles. The lowest BCUT2D eigenvalue weighted by molar-refractivity contribution is -0.143. The lowest BCUT2D eigenvalue weighted by Gasteiger charge is -2.21. The van der Waals surface area contributed by atoms with Crippen molar-refractivity contribution in [2.24, 2.45) is 10.7 Å². The van der Waals surface area contributed by atoms with Crippen molar-refractivity contribution in [3.05, 3.63) is 101 Å². The molecule has 0 aliphatic heterocycles. The van der Waals surface area contributed by atoms with Crippen LogP contribution in [0.1, 0.15) is 48.4 Å². The minimum Gasteiger partial charge on any atom is -0.388 e. The van der Waals surface area contributed by atoms with Gasteiger partial charge in [-0.15, -0.1) is 0 Å². The summed E-state index contributed by atoms with van der Waals surface area (Å²) in [6.07, 6.45) is -0.342. The van der Waals surface area contributed by atoms with Crippen molar-refractivity contribution < 1.29 is 41.0 Å². The molecule has 0 saturated heterocycles. The molecule has 2 atom stereocenters. The number of halogens is 6. The second kappa shape index (κ2) is 14.1. The van der Waals surface area contributed by atoms with E-state index in [4.69, 9.17) is 5.73 Å². The highest BCUT2D eigenvalue weighted by Gasteiger charge is 2.43. The Morgan fingerprint density at radius 2 is 1.95 bits per heavy atom. The lowest BCUT2D eigenvalue weighted by atomic mass is 9.98. The summed E-state index contributed by atoms with van der Waals surface area (Å²) in [6.45, 7) is 4.23. The summed E-state index contributed by atoms with van der Waals surface area (Å²) >= 11 is 0. The van der Waals surface area contributed by atoms with Crippen molar-refractivity contribution in [1.29, 1.82) is 0 Å². The first-order valence-corrected chi connectivity index (χ1v) is 13.0. The fourth-order valence-electron chi connectivity index (χ4n) is 4.62.